The van der Waals surface area contributed by atoms with Crippen LogP contribution in [0.25, 0.3) is 0 Å². The molecule has 2 heterocycles. The predicted octanol–water partition coefficient (Wildman–Crippen LogP) is 0.628. The molecule has 3 rings (SSSR count). The summed E-state index contributed by atoms with van der Waals surface area (Å²) in [6.07, 6.45) is 0.787. The fraction of sp³-hybridized carbons (Fsp3) is 0.600. The van der Waals surface area contributed by atoms with Crippen molar-refractivity contribution < 1.29 is 8.42 Å². The van der Waals surface area contributed by atoms with E-state index < -0.39 is 10.2 Å². The van der Waals surface area contributed by atoms with E-state index in [1.165, 1.54) is 5.56 Å². The summed E-state index contributed by atoms with van der Waals surface area (Å²) in [5.41, 5.74) is 2.37. The van der Waals surface area contributed by atoms with Gasteiger partial charge in [0.2, 0.25) is 0 Å². The molecule has 0 atom stereocenters. The minimum atomic E-state index is -3.39. The van der Waals surface area contributed by atoms with Crippen molar-refractivity contribution in [3.05, 3.63) is 35.4 Å². The first-order chi connectivity index (χ1) is 10.6. The van der Waals surface area contributed by atoms with Gasteiger partial charge in [-0.15, -0.1) is 24.8 Å². The average molecular weight is 397 g/mol. The summed E-state index contributed by atoms with van der Waals surface area (Å²) in [6, 6.07) is 8.07. The molecule has 138 valence electrons. The van der Waals surface area contributed by atoms with Crippen molar-refractivity contribution in [2.45, 2.75) is 13.0 Å². The lowest BCUT2D eigenvalue weighted by molar-refractivity contribution is 0.244. The van der Waals surface area contributed by atoms with Crippen LogP contribution in [0.3, 0.4) is 0 Å². The van der Waals surface area contributed by atoms with E-state index in [2.05, 4.69) is 21.0 Å². The van der Waals surface area contributed by atoms with Crippen molar-refractivity contribution >= 4 is 35.0 Å². The summed E-state index contributed by atoms with van der Waals surface area (Å²) < 4.78 is 29.1. The number of rotatable bonds is 5. The summed E-state index contributed by atoms with van der Waals surface area (Å²) in [5.74, 6) is 0. The minimum absolute atomic E-state index is 0. The van der Waals surface area contributed by atoms with E-state index in [0.29, 0.717) is 19.6 Å². The minimum Gasteiger partial charge on any atom is -0.314 e. The number of nitrogens with zero attached hydrogens (tertiary/aromatic N) is 2. The number of benzene rings is 1. The molecule has 2 N–H and O–H groups in total. The van der Waals surface area contributed by atoms with Crippen LogP contribution in [-0.2, 0) is 23.2 Å². The van der Waals surface area contributed by atoms with Gasteiger partial charge in [0.1, 0.15) is 0 Å². The van der Waals surface area contributed by atoms with E-state index >= 15 is 0 Å². The van der Waals surface area contributed by atoms with E-state index in [1.54, 1.807) is 4.31 Å². The predicted molar refractivity (Wildman–Crippen MR) is 101 cm³/mol. The van der Waals surface area contributed by atoms with Gasteiger partial charge in [0.15, 0.2) is 0 Å². The van der Waals surface area contributed by atoms with Gasteiger partial charge in [-0.2, -0.15) is 12.7 Å². The summed E-state index contributed by atoms with van der Waals surface area (Å²) >= 11 is 0. The van der Waals surface area contributed by atoms with E-state index in [1.807, 2.05) is 18.2 Å². The molecule has 1 aromatic carbocycles. The van der Waals surface area contributed by atoms with Crippen LogP contribution in [0, 0.1) is 0 Å². The standard InChI is InChI=1S/C15H24N4O2S.2ClH/c20-22(21,17-8-12-18-10-6-16-7-11-18)19-9-5-14-3-1-2-4-15(14)13-19;;/h1-4,16-17H,5-13H2;2*1H. The Hall–Kier alpha value is -0.410. The molecule has 0 bridgehead atoms. The van der Waals surface area contributed by atoms with Crippen molar-refractivity contribution in [3.63, 3.8) is 0 Å². The van der Waals surface area contributed by atoms with Gasteiger partial charge in [0, 0.05) is 52.4 Å². The molecule has 0 amide bonds. The molecule has 0 unspecified atom stereocenters. The molecular formula is C15H26Cl2N4O2S. The molecule has 9 heteroatoms. The number of fused-ring (bicyclic) bond motifs is 1. The van der Waals surface area contributed by atoms with Crippen molar-refractivity contribution in [1.29, 1.82) is 0 Å². The summed E-state index contributed by atoms with van der Waals surface area (Å²) in [7, 11) is -3.39. The maximum Gasteiger partial charge on any atom is 0.279 e. The van der Waals surface area contributed by atoms with Crippen molar-refractivity contribution in [2.75, 3.05) is 45.8 Å². The second-order valence-corrected chi connectivity index (χ2v) is 7.60. The quantitative estimate of drug-likeness (QED) is 0.765. The Morgan fingerprint density at radius 1 is 1.04 bits per heavy atom. The Labute approximate surface area is 157 Å². The van der Waals surface area contributed by atoms with Gasteiger partial charge in [-0.05, 0) is 17.5 Å². The molecule has 0 saturated carbocycles. The van der Waals surface area contributed by atoms with Crippen LogP contribution in [0.4, 0.5) is 0 Å². The van der Waals surface area contributed by atoms with Crippen LogP contribution in [0.2, 0.25) is 0 Å². The first-order valence-electron chi connectivity index (χ1n) is 7.90. The third-order valence-corrected chi connectivity index (χ3v) is 5.92. The SMILES string of the molecule is Cl.Cl.O=S(=O)(NCCN1CCNCC1)N1CCc2ccccc2C1. The van der Waals surface area contributed by atoms with Gasteiger partial charge in [-0.3, -0.25) is 4.90 Å². The largest absolute Gasteiger partial charge is 0.314 e. The van der Waals surface area contributed by atoms with Gasteiger partial charge >= 0.3 is 0 Å². The zero-order chi connectivity index (χ0) is 15.4. The van der Waals surface area contributed by atoms with Crippen molar-refractivity contribution in [3.8, 4) is 0 Å². The summed E-state index contributed by atoms with van der Waals surface area (Å²) in [4.78, 5) is 2.28. The van der Waals surface area contributed by atoms with Crippen molar-refractivity contribution in [2.24, 2.45) is 0 Å². The molecule has 0 aliphatic carbocycles. The number of halogens is 2. The van der Waals surface area contributed by atoms with Crippen LogP contribution in [0.5, 0.6) is 0 Å². The first kappa shape index (κ1) is 21.6. The Bertz CT molecular complexity index is 609. The van der Waals surface area contributed by atoms with Gasteiger partial charge in [0.05, 0.1) is 0 Å². The van der Waals surface area contributed by atoms with E-state index in [0.717, 1.165) is 44.7 Å². The van der Waals surface area contributed by atoms with Crippen LogP contribution in [0.15, 0.2) is 24.3 Å². The highest BCUT2D eigenvalue weighted by Crippen LogP contribution is 2.20. The first-order valence-corrected chi connectivity index (χ1v) is 9.34. The number of hydrogen-bond donors (Lipinski definition) is 2. The zero-order valence-electron chi connectivity index (χ0n) is 13.6. The van der Waals surface area contributed by atoms with Crippen LogP contribution in [-0.4, -0.2) is 63.4 Å². The highest BCUT2D eigenvalue weighted by atomic mass is 35.5. The lowest BCUT2D eigenvalue weighted by Gasteiger charge is -2.30. The normalized spacial score (nSPS) is 19.0. The van der Waals surface area contributed by atoms with Gasteiger partial charge < -0.3 is 5.32 Å². The van der Waals surface area contributed by atoms with Crippen molar-refractivity contribution in [1.82, 2.24) is 19.2 Å². The molecule has 2 aliphatic heterocycles. The van der Waals surface area contributed by atoms with Crippen LogP contribution >= 0.6 is 24.8 Å². The lowest BCUT2D eigenvalue weighted by Crippen LogP contribution is -2.48. The molecule has 1 aromatic rings. The average Bonchev–Trinajstić information content (AvgIpc) is 2.55. The molecule has 2 aliphatic rings. The fourth-order valence-corrected chi connectivity index (χ4v) is 4.21. The third kappa shape index (κ3) is 5.56. The maximum atomic E-state index is 12.4. The summed E-state index contributed by atoms with van der Waals surface area (Å²) in [6.45, 7) is 6.20. The molecule has 24 heavy (non-hydrogen) atoms. The van der Waals surface area contributed by atoms with E-state index in [9.17, 15) is 8.42 Å². The maximum absolute atomic E-state index is 12.4. The molecule has 1 fully saturated rings. The van der Waals surface area contributed by atoms with Crippen LogP contribution < -0.4 is 10.0 Å². The molecule has 0 spiro atoms. The number of piperazine rings is 1. The topological polar surface area (TPSA) is 64.7 Å². The van der Waals surface area contributed by atoms with Crippen LogP contribution in [0.1, 0.15) is 11.1 Å². The van der Waals surface area contributed by atoms with Gasteiger partial charge in [-0.25, -0.2) is 4.72 Å². The Balaban J connectivity index is 0.00000144. The molecule has 0 radical (unpaired) electrons. The van der Waals surface area contributed by atoms with Gasteiger partial charge in [0.25, 0.3) is 10.2 Å². The smallest absolute Gasteiger partial charge is 0.279 e. The third-order valence-electron chi connectivity index (χ3n) is 4.36. The molecule has 1 saturated heterocycles. The monoisotopic (exact) mass is 396 g/mol. The number of nitrogens with one attached hydrogen (secondary N) is 2. The lowest BCUT2D eigenvalue weighted by atomic mass is 10.0. The number of hydrogen-bond acceptors (Lipinski definition) is 4. The Morgan fingerprint density at radius 3 is 2.42 bits per heavy atom. The highest BCUT2D eigenvalue weighted by molar-refractivity contribution is 7.87. The van der Waals surface area contributed by atoms with E-state index in [-0.39, 0.29) is 24.8 Å². The second kappa shape index (κ2) is 9.91. The second-order valence-electron chi connectivity index (χ2n) is 5.84. The molecular weight excluding hydrogens is 371 g/mol. The Kier molecular flexibility index (Phi) is 8.94. The summed E-state index contributed by atoms with van der Waals surface area (Å²) in [5, 5.41) is 3.29. The zero-order valence-corrected chi connectivity index (χ0v) is 16.1. The van der Waals surface area contributed by atoms with Gasteiger partial charge in [-0.1, -0.05) is 24.3 Å². The highest BCUT2D eigenvalue weighted by Gasteiger charge is 2.26. The Morgan fingerprint density at radius 2 is 1.71 bits per heavy atom. The van der Waals surface area contributed by atoms with E-state index in [4.69, 9.17) is 0 Å². The fourth-order valence-electron chi connectivity index (χ4n) is 3.03. The molecule has 0 aromatic heterocycles. The molecule has 6 nitrogen and oxygen atoms in total.